The van der Waals surface area contributed by atoms with Crippen LogP contribution in [0.2, 0.25) is 0 Å². The number of benzene rings is 1. The minimum atomic E-state index is 0.231. The quantitative estimate of drug-likeness (QED) is 0.828. The minimum Gasteiger partial charge on any atom is -0.489 e. The summed E-state index contributed by atoms with van der Waals surface area (Å²) in [7, 11) is 0. The molecule has 2 nitrogen and oxygen atoms in total. The lowest BCUT2D eigenvalue weighted by Crippen LogP contribution is -2.30. The maximum Gasteiger partial charge on any atom is 0.120 e. The molecular formula is C16H25NO. The molecule has 0 aliphatic heterocycles. The molecule has 1 saturated carbocycles. The first kappa shape index (κ1) is 13.4. The lowest BCUT2D eigenvalue weighted by molar-refractivity contribution is 0.216. The fourth-order valence-corrected chi connectivity index (χ4v) is 2.26. The smallest absolute Gasteiger partial charge is 0.120 e. The molecule has 1 aromatic rings. The van der Waals surface area contributed by atoms with E-state index in [2.05, 4.69) is 51.2 Å². The third kappa shape index (κ3) is 3.74. The number of ether oxygens (including phenoxy) is 1. The van der Waals surface area contributed by atoms with Gasteiger partial charge in [0.05, 0.1) is 0 Å². The second kappa shape index (κ2) is 5.75. The largest absolute Gasteiger partial charge is 0.489 e. The summed E-state index contributed by atoms with van der Waals surface area (Å²) in [4.78, 5) is 0. The van der Waals surface area contributed by atoms with Crippen LogP contribution in [-0.2, 0) is 0 Å². The summed E-state index contributed by atoms with van der Waals surface area (Å²) < 4.78 is 5.95. The Morgan fingerprint density at radius 2 is 2.00 bits per heavy atom. The molecule has 1 unspecified atom stereocenters. The van der Waals surface area contributed by atoms with Crippen LogP contribution in [0, 0.1) is 6.92 Å². The van der Waals surface area contributed by atoms with E-state index >= 15 is 0 Å². The Hall–Kier alpha value is -1.02. The SMILES string of the molecule is Cc1cc(OC(C)CNC2CC2)ccc1C(C)C. The van der Waals surface area contributed by atoms with E-state index in [1.807, 2.05) is 0 Å². The van der Waals surface area contributed by atoms with Crippen LogP contribution in [0.5, 0.6) is 5.75 Å². The van der Waals surface area contributed by atoms with Crippen LogP contribution in [0.25, 0.3) is 0 Å². The van der Waals surface area contributed by atoms with Crippen molar-refractivity contribution >= 4 is 0 Å². The molecule has 0 bridgehead atoms. The molecule has 1 N–H and O–H groups in total. The fourth-order valence-electron chi connectivity index (χ4n) is 2.26. The summed E-state index contributed by atoms with van der Waals surface area (Å²) in [5, 5.41) is 3.50. The predicted octanol–water partition coefficient (Wildman–Crippen LogP) is 3.64. The van der Waals surface area contributed by atoms with Gasteiger partial charge < -0.3 is 10.1 Å². The first-order valence-corrected chi connectivity index (χ1v) is 7.07. The summed E-state index contributed by atoms with van der Waals surface area (Å²) in [6.07, 6.45) is 2.89. The molecule has 0 heterocycles. The number of hydrogen-bond donors (Lipinski definition) is 1. The Bertz CT molecular complexity index is 396. The normalized spacial score (nSPS) is 16.9. The zero-order valence-electron chi connectivity index (χ0n) is 12.0. The van der Waals surface area contributed by atoms with E-state index in [9.17, 15) is 0 Å². The summed E-state index contributed by atoms with van der Waals surface area (Å²) in [5.41, 5.74) is 2.73. The van der Waals surface area contributed by atoms with Crippen molar-refractivity contribution in [3.8, 4) is 5.75 Å². The number of aryl methyl sites for hydroxylation is 1. The van der Waals surface area contributed by atoms with Gasteiger partial charge >= 0.3 is 0 Å². The zero-order valence-corrected chi connectivity index (χ0v) is 12.0. The second-order valence-electron chi connectivity index (χ2n) is 5.78. The zero-order chi connectivity index (χ0) is 13.1. The Morgan fingerprint density at radius 3 is 2.56 bits per heavy atom. The van der Waals surface area contributed by atoms with Crippen LogP contribution in [0.3, 0.4) is 0 Å². The third-order valence-electron chi connectivity index (χ3n) is 3.47. The Balaban J connectivity index is 1.89. The molecule has 2 heteroatoms. The number of hydrogen-bond acceptors (Lipinski definition) is 2. The van der Waals surface area contributed by atoms with Gasteiger partial charge in [0.15, 0.2) is 0 Å². The summed E-state index contributed by atoms with van der Waals surface area (Å²) in [6.45, 7) is 9.68. The van der Waals surface area contributed by atoms with E-state index in [1.54, 1.807) is 0 Å². The van der Waals surface area contributed by atoms with E-state index < -0.39 is 0 Å². The van der Waals surface area contributed by atoms with E-state index in [0.717, 1.165) is 18.3 Å². The van der Waals surface area contributed by atoms with Crippen LogP contribution in [0.4, 0.5) is 0 Å². The first-order chi connectivity index (χ1) is 8.56. The van der Waals surface area contributed by atoms with Crippen molar-refractivity contribution in [2.24, 2.45) is 0 Å². The highest BCUT2D eigenvalue weighted by atomic mass is 16.5. The van der Waals surface area contributed by atoms with Gasteiger partial charge in [0.2, 0.25) is 0 Å². The molecule has 0 saturated heterocycles. The highest BCUT2D eigenvalue weighted by Gasteiger charge is 2.21. The fraction of sp³-hybridized carbons (Fsp3) is 0.625. The standard InChI is InChI=1S/C16H25NO/c1-11(2)16-8-7-15(9-12(16)3)18-13(4)10-17-14-5-6-14/h7-9,11,13-14,17H,5-6,10H2,1-4H3. The highest BCUT2D eigenvalue weighted by molar-refractivity contribution is 5.36. The molecule has 0 aromatic heterocycles. The highest BCUT2D eigenvalue weighted by Crippen LogP contribution is 2.24. The monoisotopic (exact) mass is 247 g/mol. The lowest BCUT2D eigenvalue weighted by atomic mass is 9.98. The van der Waals surface area contributed by atoms with Gasteiger partial charge in [-0.15, -0.1) is 0 Å². The Kier molecular flexibility index (Phi) is 4.28. The van der Waals surface area contributed by atoms with Gasteiger partial charge in [0.25, 0.3) is 0 Å². The van der Waals surface area contributed by atoms with Gasteiger partial charge in [0.1, 0.15) is 11.9 Å². The molecule has 18 heavy (non-hydrogen) atoms. The maximum atomic E-state index is 5.95. The van der Waals surface area contributed by atoms with Gasteiger partial charge in [-0.05, 0) is 55.9 Å². The number of nitrogens with one attached hydrogen (secondary N) is 1. The van der Waals surface area contributed by atoms with Gasteiger partial charge in [0, 0.05) is 12.6 Å². The summed E-state index contributed by atoms with van der Waals surface area (Å²) in [6, 6.07) is 7.19. The van der Waals surface area contributed by atoms with Crippen molar-refractivity contribution in [1.29, 1.82) is 0 Å². The van der Waals surface area contributed by atoms with Crippen molar-refractivity contribution in [1.82, 2.24) is 5.32 Å². The van der Waals surface area contributed by atoms with Crippen LogP contribution in [-0.4, -0.2) is 18.7 Å². The average Bonchev–Trinajstić information content (AvgIpc) is 3.09. The molecule has 100 valence electrons. The van der Waals surface area contributed by atoms with E-state index in [4.69, 9.17) is 4.74 Å². The lowest BCUT2D eigenvalue weighted by Gasteiger charge is -2.17. The molecule has 0 radical (unpaired) electrons. The number of rotatable bonds is 6. The van der Waals surface area contributed by atoms with E-state index in [1.165, 1.54) is 24.0 Å². The predicted molar refractivity (Wildman–Crippen MR) is 76.4 cm³/mol. The maximum absolute atomic E-state index is 5.95. The molecule has 1 aliphatic carbocycles. The first-order valence-electron chi connectivity index (χ1n) is 7.07. The molecule has 1 aliphatic rings. The van der Waals surface area contributed by atoms with Gasteiger partial charge in [-0.1, -0.05) is 19.9 Å². The van der Waals surface area contributed by atoms with E-state index in [-0.39, 0.29) is 6.10 Å². The van der Waals surface area contributed by atoms with Crippen molar-refractivity contribution < 1.29 is 4.74 Å². The van der Waals surface area contributed by atoms with Gasteiger partial charge in [-0.2, -0.15) is 0 Å². The Labute approximate surface area is 111 Å². The van der Waals surface area contributed by atoms with Crippen molar-refractivity contribution in [3.05, 3.63) is 29.3 Å². The summed E-state index contributed by atoms with van der Waals surface area (Å²) >= 11 is 0. The second-order valence-corrected chi connectivity index (χ2v) is 5.78. The molecule has 1 atom stereocenters. The summed E-state index contributed by atoms with van der Waals surface area (Å²) in [5.74, 6) is 1.56. The third-order valence-corrected chi connectivity index (χ3v) is 3.47. The van der Waals surface area contributed by atoms with E-state index in [0.29, 0.717) is 5.92 Å². The van der Waals surface area contributed by atoms with Crippen molar-refractivity contribution in [2.75, 3.05) is 6.54 Å². The van der Waals surface area contributed by atoms with Crippen LogP contribution >= 0.6 is 0 Å². The van der Waals surface area contributed by atoms with Gasteiger partial charge in [-0.25, -0.2) is 0 Å². The Morgan fingerprint density at radius 1 is 1.28 bits per heavy atom. The minimum absolute atomic E-state index is 0.231. The van der Waals surface area contributed by atoms with Crippen LogP contribution < -0.4 is 10.1 Å². The molecule has 0 spiro atoms. The molecular weight excluding hydrogens is 222 g/mol. The molecule has 0 amide bonds. The molecule has 1 aromatic carbocycles. The topological polar surface area (TPSA) is 21.3 Å². The van der Waals surface area contributed by atoms with Crippen LogP contribution in [0.15, 0.2) is 18.2 Å². The van der Waals surface area contributed by atoms with Gasteiger partial charge in [-0.3, -0.25) is 0 Å². The van der Waals surface area contributed by atoms with Crippen LogP contribution in [0.1, 0.15) is 50.7 Å². The molecule has 2 rings (SSSR count). The van der Waals surface area contributed by atoms with Crippen molar-refractivity contribution in [2.45, 2.75) is 58.6 Å². The van der Waals surface area contributed by atoms with Crippen molar-refractivity contribution in [3.63, 3.8) is 0 Å². The average molecular weight is 247 g/mol. The molecule has 1 fully saturated rings.